The molecule has 4 nitrogen and oxygen atoms in total. The van der Waals surface area contributed by atoms with Gasteiger partial charge < -0.3 is 5.11 Å². The number of thiol groups is 1. The minimum atomic E-state index is -1.25. The molecule has 4 rings (SSSR count). The number of aliphatic imine (C=N–C) groups is 1. The molecule has 2 unspecified atom stereocenters. The Labute approximate surface area is 120 Å². The van der Waals surface area contributed by atoms with Crippen LogP contribution < -0.4 is 0 Å². The van der Waals surface area contributed by atoms with Gasteiger partial charge in [-0.2, -0.15) is 0 Å². The number of aliphatic hydroxyl groups excluding tert-OH is 1. The Hall–Kier alpha value is -0.880. The fourth-order valence-corrected chi connectivity index (χ4v) is 6.05. The van der Waals surface area contributed by atoms with Gasteiger partial charge in [0.25, 0.3) is 0 Å². The molecule has 0 saturated heterocycles. The number of hydrogen-bond acceptors (Lipinski definition) is 3. The van der Waals surface area contributed by atoms with Crippen LogP contribution in [0.15, 0.2) is 17.5 Å². The van der Waals surface area contributed by atoms with Crippen molar-refractivity contribution in [2.75, 3.05) is 0 Å². The molecule has 1 aliphatic heterocycles. The number of imidazole rings is 1. The van der Waals surface area contributed by atoms with Crippen LogP contribution in [0.25, 0.3) is 0 Å². The summed E-state index contributed by atoms with van der Waals surface area (Å²) in [4.78, 5) is 8.55. The van der Waals surface area contributed by atoms with Crippen molar-refractivity contribution < 1.29 is 9.50 Å². The summed E-state index contributed by atoms with van der Waals surface area (Å²) in [5.41, 5.74) is -1.73. The van der Waals surface area contributed by atoms with Gasteiger partial charge in [0, 0.05) is 0 Å². The molecule has 0 amide bonds. The molecule has 0 radical (unpaired) electrons. The summed E-state index contributed by atoms with van der Waals surface area (Å²) in [6, 6.07) is 0. The van der Waals surface area contributed by atoms with Crippen LogP contribution in [0.2, 0.25) is 0 Å². The highest BCUT2D eigenvalue weighted by Crippen LogP contribution is 2.57. The number of fused-ring (bicyclic) bond motifs is 1. The van der Waals surface area contributed by atoms with Crippen LogP contribution in [-0.2, 0) is 0 Å². The summed E-state index contributed by atoms with van der Waals surface area (Å²) in [6.07, 6.45) is 10.2. The van der Waals surface area contributed by atoms with E-state index in [0.29, 0.717) is 23.7 Å². The van der Waals surface area contributed by atoms with E-state index in [1.165, 1.54) is 19.3 Å². The first-order valence-electron chi connectivity index (χ1n) is 7.47. The van der Waals surface area contributed by atoms with Crippen molar-refractivity contribution >= 4 is 21.9 Å². The zero-order valence-corrected chi connectivity index (χ0v) is 12.3. The van der Waals surface area contributed by atoms with Crippen LogP contribution in [0.1, 0.15) is 44.9 Å². The molecule has 1 aromatic heterocycles. The van der Waals surface area contributed by atoms with Crippen LogP contribution in [-0.4, -0.2) is 30.2 Å². The van der Waals surface area contributed by atoms with Gasteiger partial charge in [-0.15, -0.1) is 11.1 Å². The standard InChI is InChI=1S/C14H20FN3OS/c15-14(6-7-14)13-17-11-8-16-9-18(11)20(13)12(19)10-4-2-1-3-5-10/h8-10,12,19-20H,1-7H2. The molecule has 2 atom stereocenters. The van der Waals surface area contributed by atoms with E-state index in [1.807, 2.05) is 3.97 Å². The number of hydrogen-bond donors (Lipinski definition) is 2. The minimum Gasteiger partial charge on any atom is -0.382 e. The van der Waals surface area contributed by atoms with Gasteiger partial charge in [0.1, 0.15) is 16.8 Å². The summed E-state index contributed by atoms with van der Waals surface area (Å²) in [6.45, 7) is 0. The molecule has 3 aliphatic rings. The topological polar surface area (TPSA) is 50.4 Å². The van der Waals surface area contributed by atoms with Crippen LogP contribution >= 0.6 is 11.1 Å². The van der Waals surface area contributed by atoms with E-state index in [9.17, 15) is 9.50 Å². The summed E-state index contributed by atoms with van der Waals surface area (Å²) in [7, 11) is 0. The summed E-state index contributed by atoms with van der Waals surface area (Å²) in [5, 5.41) is 11.4. The first kappa shape index (κ1) is 12.8. The van der Waals surface area contributed by atoms with Crippen molar-refractivity contribution in [3.8, 4) is 0 Å². The highest BCUT2D eigenvalue weighted by molar-refractivity contribution is 8.29. The third kappa shape index (κ3) is 1.92. The molecule has 1 aromatic rings. The zero-order chi connectivity index (χ0) is 13.7. The van der Waals surface area contributed by atoms with Crippen molar-refractivity contribution in [1.82, 2.24) is 8.96 Å². The predicted octanol–water partition coefficient (Wildman–Crippen LogP) is 3.09. The maximum absolute atomic E-state index is 14.6. The lowest BCUT2D eigenvalue weighted by molar-refractivity contribution is 0.157. The van der Waals surface area contributed by atoms with Gasteiger partial charge >= 0.3 is 0 Å². The molecule has 110 valence electrons. The molecule has 2 saturated carbocycles. The molecule has 2 aliphatic carbocycles. The second kappa shape index (κ2) is 4.56. The maximum atomic E-state index is 14.6. The van der Waals surface area contributed by atoms with Crippen molar-refractivity contribution in [2.24, 2.45) is 10.9 Å². The monoisotopic (exact) mass is 297 g/mol. The molecular weight excluding hydrogens is 277 g/mol. The molecule has 0 aromatic carbocycles. The lowest BCUT2D eigenvalue weighted by Gasteiger charge is -2.34. The Bertz CT molecular complexity index is 548. The average molecular weight is 297 g/mol. The summed E-state index contributed by atoms with van der Waals surface area (Å²) in [5.74, 6) is 1.00. The Morgan fingerprint density at radius 1 is 1.35 bits per heavy atom. The number of nitrogens with zero attached hydrogens (tertiary/aromatic N) is 3. The summed E-state index contributed by atoms with van der Waals surface area (Å²) < 4.78 is 16.5. The quantitative estimate of drug-likeness (QED) is 0.842. The molecule has 20 heavy (non-hydrogen) atoms. The van der Waals surface area contributed by atoms with Crippen LogP contribution in [0.3, 0.4) is 0 Å². The Morgan fingerprint density at radius 2 is 2.10 bits per heavy atom. The lowest BCUT2D eigenvalue weighted by Crippen LogP contribution is -2.30. The maximum Gasteiger partial charge on any atom is 0.162 e. The highest BCUT2D eigenvalue weighted by Gasteiger charge is 2.54. The minimum absolute atomic E-state index is 0.288. The van der Waals surface area contributed by atoms with Gasteiger partial charge in [-0.3, -0.25) is 3.97 Å². The van der Waals surface area contributed by atoms with Gasteiger partial charge in [-0.25, -0.2) is 14.4 Å². The molecule has 0 spiro atoms. The van der Waals surface area contributed by atoms with Crippen LogP contribution in [0, 0.1) is 5.92 Å². The largest absolute Gasteiger partial charge is 0.382 e. The molecular formula is C14H20FN3OS. The second-order valence-electron chi connectivity index (χ2n) is 6.15. The molecule has 6 heteroatoms. The first-order chi connectivity index (χ1) is 9.69. The fourth-order valence-electron chi connectivity index (χ4n) is 3.31. The zero-order valence-electron chi connectivity index (χ0n) is 11.4. The van der Waals surface area contributed by atoms with E-state index in [0.717, 1.165) is 12.8 Å². The lowest BCUT2D eigenvalue weighted by atomic mass is 9.90. The molecule has 1 N–H and O–H groups in total. The molecule has 2 fully saturated rings. The SMILES string of the molecule is OC(C1CCCCC1)[SH]1C(C2(F)CC2)=Nc2cncn21. The molecule has 2 heterocycles. The Kier molecular flexibility index (Phi) is 2.93. The number of aliphatic hydroxyl groups is 1. The normalized spacial score (nSPS) is 31.7. The smallest absolute Gasteiger partial charge is 0.162 e. The third-order valence-electron chi connectivity index (χ3n) is 4.68. The van der Waals surface area contributed by atoms with Crippen molar-refractivity contribution in [1.29, 1.82) is 0 Å². The fraction of sp³-hybridized carbons (Fsp3) is 0.714. The highest BCUT2D eigenvalue weighted by atomic mass is 32.2. The second-order valence-corrected chi connectivity index (χ2v) is 8.23. The van der Waals surface area contributed by atoms with Crippen LogP contribution in [0.5, 0.6) is 0 Å². The Morgan fingerprint density at radius 3 is 2.80 bits per heavy atom. The van der Waals surface area contributed by atoms with E-state index in [1.54, 1.807) is 12.5 Å². The molecule has 0 bridgehead atoms. The van der Waals surface area contributed by atoms with E-state index in [2.05, 4.69) is 9.98 Å². The first-order valence-corrected chi connectivity index (χ1v) is 8.83. The van der Waals surface area contributed by atoms with Gasteiger partial charge in [0.05, 0.1) is 6.20 Å². The third-order valence-corrected chi connectivity index (χ3v) is 7.31. The van der Waals surface area contributed by atoms with Crippen molar-refractivity contribution in [2.45, 2.75) is 56.1 Å². The number of aromatic nitrogens is 2. The number of rotatable bonds is 3. The number of halogens is 1. The van der Waals surface area contributed by atoms with Crippen LogP contribution in [0.4, 0.5) is 10.2 Å². The Balaban J connectivity index is 1.65. The van der Waals surface area contributed by atoms with Gasteiger partial charge in [0.15, 0.2) is 11.5 Å². The van der Waals surface area contributed by atoms with Crippen molar-refractivity contribution in [3.63, 3.8) is 0 Å². The number of alkyl halides is 1. The van der Waals surface area contributed by atoms with Gasteiger partial charge in [-0.1, -0.05) is 19.3 Å². The van der Waals surface area contributed by atoms with E-state index in [-0.39, 0.29) is 5.92 Å². The van der Waals surface area contributed by atoms with Gasteiger partial charge in [0.2, 0.25) is 0 Å². The summed E-state index contributed by atoms with van der Waals surface area (Å²) >= 11 is -1.11. The van der Waals surface area contributed by atoms with Gasteiger partial charge in [-0.05, 0) is 31.6 Å². The van der Waals surface area contributed by atoms with E-state index < -0.39 is 22.2 Å². The van der Waals surface area contributed by atoms with E-state index >= 15 is 0 Å². The van der Waals surface area contributed by atoms with Crippen molar-refractivity contribution in [3.05, 3.63) is 12.5 Å². The average Bonchev–Trinajstić information content (AvgIpc) is 2.90. The van der Waals surface area contributed by atoms with E-state index in [4.69, 9.17) is 0 Å². The predicted molar refractivity (Wildman–Crippen MR) is 79.4 cm³/mol.